The van der Waals surface area contributed by atoms with Crippen LogP contribution in [0.25, 0.3) is 0 Å². The van der Waals surface area contributed by atoms with E-state index in [0.29, 0.717) is 25.3 Å². The molecule has 2 rings (SSSR count). The standard InChI is InChI=1S/C6H11N5O/c1-11-9-5(8-10-11)2-6(12)3-7-4-6/h7,12H,2-4H2,1H3. The van der Waals surface area contributed by atoms with Gasteiger partial charge in [-0.15, -0.1) is 10.2 Å². The van der Waals surface area contributed by atoms with E-state index >= 15 is 0 Å². The van der Waals surface area contributed by atoms with Crippen molar-refractivity contribution < 1.29 is 5.11 Å². The van der Waals surface area contributed by atoms with Gasteiger partial charge >= 0.3 is 0 Å². The van der Waals surface area contributed by atoms with E-state index in [9.17, 15) is 5.11 Å². The maximum absolute atomic E-state index is 9.69. The molecule has 1 aromatic heterocycles. The SMILES string of the molecule is Cn1nnc(CC2(O)CNC2)n1. The summed E-state index contributed by atoms with van der Waals surface area (Å²) >= 11 is 0. The molecule has 1 aromatic rings. The van der Waals surface area contributed by atoms with Crippen molar-refractivity contribution in [3.05, 3.63) is 5.82 Å². The van der Waals surface area contributed by atoms with Gasteiger partial charge in [0.25, 0.3) is 0 Å². The Balaban J connectivity index is 2.03. The van der Waals surface area contributed by atoms with Crippen molar-refractivity contribution in [3.8, 4) is 0 Å². The van der Waals surface area contributed by atoms with Crippen molar-refractivity contribution in [1.29, 1.82) is 0 Å². The number of nitrogens with one attached hydrogen (secondary N) is 1. The number of β-amino-alcohol motifs (C(OH)–C–C–N with tert-alkyl or cyclic N) is 1. The molecule has 0 radical (unpaired) electrons. The number of rotatable bonds is 2. The monoisotopic (exact) mass is 169 g/mol. The van der Waals surface area contributed by atoms with Crippen molar-refractivity contribution in [2.45, 2.75) is 12.0 Å². The highest BCUT2D eigenvalue weighted by atomic mass is 16.3. The van der Waals surface area contributed by atoms with Gasteiger partial charge in [0.2, 0.25) is 0 Å². The highest BCUT2D eigenvalue weighted by molar-refractivity contribution is 4.99. The molecule has 0 amide bonds. The highest BCUT2D eigenvalue weighted by Gasteiger charge is 2.35. The fourth-order valence-corrected chi connectivity index (χ4v) is 1.23. The third-order valence-corrected chi connectivity index (χ3v) is 1.95. The Kier molecular flexibility index (Phi) is 1.59. The van der Waals surface area contributed by atoms with Crippen LogP contribution in [-0.4, -0.2) is 44.0 Å². The fourth-order valence-electron chi connectivity index (χ4n) is 1.23. The van der Waals surface area contributed by atoms with Gasteiger partial charge in [0, 0.05) is 19.5 Å². The third-order valence-electron chi connectivity index (χ3n) is 1.95. The van der Waals surface area contributed by atoms with Crippen LogP contribution >= 0.6 is 0 Å². The van der Waals surface area contributed by atoms with Crippen LogP contribution in [0.3, 0.4) is 0 Å². The minimum absolute atomic E-state index is 0.480. The van der Waals surface area contributed by atoms with Crippen molar-refractivity contribution in [1.82, 2.24) is 25.5 Å². The van der Waals surface area contributed by atoms with E-state index in [1.807, 2.05) is 0 Å². The summed E-state index contributed by atoms with van der Waals surface area (Å²) in [6, 6.07) is 0. The van der Waals surface area contributed by atoms with Crippen LogP contribution in [0.5, 0.6) is 0 Å². The number of aryl methyl sites for hydroxylation is 1. The first-order valence-corrected chi connectivity index (χ1v) is 3.84. The van der Waals surface area contributed by atoms with Crippen LogP contribution in [-0.2, 0) is 13.5 Å². The molecular formula is C6H11N5O. The summed E-state index contributed by atoms with van der Waals surface area (Å²) in [7, 11) is 1.71. The maximum atomic E-state index is 9.69. The van der Waals surface area contributed by atoms with Crippen LogP contribution in [0.15, 0.2) is 0 Å². The number of aromatic nitrogens is 4. The van der Waals surface area contributed by atoms with Crippen molar-refractivity contribution in [3.63, 3.8) is 0 Å². The van der Waals surface area contributed by atoms with Crippen LogP contribution in [0.1, 0.15) is 5.82 Å². The summed E-state index contributed by atoms with van der Waals surface area (Å²) in [6.07, 6.45) is 0.480. The lowest BCUT2D eigenvalue weighted by atomic mass is 9.93. The number of aliphatic hydroxyl groups is 1. The van der Waals surface area contributed by atoms with E-state index in [0.717, 1.165) is 0 Å². The zero-order chi connectivity index (χ0) is 8.60. The predicted octanol–water partition coefficient (Wildman–Crippen LogP) is -1.91. The molecule has 6 nitrogen and oxygen atoms in total. The van der Waals surface area contributed by atoms with Gasteiger partial charge in [-0.1, -0.05) is 0 Å². The van der Waals surface area contributed by atoms with E-state index in [4.69, 9.17) is 0 Å². The molecule has 0 spiro atoms. The quantitative estimate of drug-likeness (QED) is 0.540. The smallest absolute Gasteiger partial charge is 0.177 e. The van der Waals surface area contributed by atoms with Gasteiger partial charge in [-0.2, -0.15) is 4.80 Å². The lowest BCUT2D eigenvalue weighted by Gasteiger charge is -2.36. The summed E-state index contributed by atoms with van der Waals surface area (Å²) in [5.74, 6) is 0.599. The number of nitrogens with zero attached hydrogens (tertiary/aromatic N) is 4. The summed E-state index contributed by atoms with van der Waals surface area (Å²) in [5, 5.41) is 24.2. The first-order chi connectivity index (χ1) is 5.68. The van der Waals surface area contributed by atoms with Crippen molar-refractivity contribution in [2.75, 3.05) is 13.1 Å². The van der Waals surface area contributed by atoms with Crippen molar-refractivity contribution >= 4 is 0 Å². The zero-order valence-electron chi connectivity index (χ0n) is 6.86. The second-order valence-corrected chi connectivity index (χ2v) is 3.20. The summed E-state index contributed by atoms with van der Waals surface area (Å²) in [4.78, 5) is 1.39. The van der Waals surface area contributed by atoms with E-state index in [1.165, 1.54) is 4.80 Å². The molecule has 0 aromatic carbocycles. The molecule has 1 aliphatic heterocycles. The minimum Gasteiger partial charge on any atom is -0.387 e. The van der Waals surface area contributed by atoms with Crippen molar-refractivity contribution in [2.24, 2.45) is 7.05 Å². The second-order valence-electron chi connectivity index (χ2n) is 3.20. The van der Waals surface area contributed by atoms with Crippen LogP contribution in [0.4, 0.5) is 0 Å². The first-order valence-electron chi connectivity index (χ1n) is 3.84. The maximum Gasteiger partial charge on any atom is 0.177 e. The lowest BCUT2D eigenvalue weighted by molar-refractivity contribution is -0.0107. The van der Waals surface area contributed by atoms with Gasteiger partial charge in [-0.25, -0.2) is 0 Å². The molecule has 0 bridgehead atoms. The second kappa shape index (κ2) is 2.49. The Morgan fingerprint density at radius 2 is 2.42 bits per heavy atom. The average molecular weight is 169 g/mol. The summed E-state index contributed by atoms with van der Waals surface area (Å²) in [5.41, 5.74) is -0.650. The van der Waals surface area contributed by atoms with Gasteiger partial charge in [-0.05, 0) is 5.21 Å². The Labute approximate surface area is 69.6 Å². The molecule has 2 N–H and O–H groups in total. The van der Waals surface area contributed by atoms with E-state index < -0.39 is 5.60 Å². The van der Waals surface area contributed by atoms with Crippen LogP contribution in [0, 0.1) is 0 Å². The van der Waals surface area contributed by atoms with Gasteiger partial charge in [0.15, 0.2) is 5.82 Å². The fraction of sp³-hybridized carbons (Fsp3) is 0.833. The highest BCUT2D eigenvalue weighted by Crippen LogP contribution is 2.14. The van der Waals surface area contributed by atoms with E-state index in [1.54, 1.807) is 7.05 Å². The first kappa shape index (κ1) is 7.63. The molecule has 0 atom stereocenters. The number of hydrogen-bond donors (Lipinski definition) is 2. The van der Waals surface area contributed by atoms with Gasteiger partial charge < -0.3 is 10.4 Å². The molecule has 1 saturated heterocycles. The molecule has 0 aliphatic carbocycles. The number of hydrogen-bond acceptors (Lipinski definition) is 5. The normalized spacial score (nSPS) is 20.5. The molecule has 66 valence electrons. The largest absolute Gasteiger partial charge is 0.387 e. The third kappa shape index (κ3) is 1.30. The summed E-state index contributed by atoms with van der Waals surface area (Å²) < 4.78 is 0. The Morgan fingerprint density at radius 3 is 2.83 bits per heavy atom. The van der Waals surface area contributed by atoms with Gasteiger partial charge in [0.05, 0.1) is 12.6 Å². The predicted molar refractivity (Wildman–Crippen MR) is 40.3 cm³/mol. The molecule has 2 heterocycles. The Bertz CT molecular complexity index is 279. The Morgan fingerprint density at radius 1 is 1.67 bits per heavy atom. The van der Waals surface area contributed by atoms with E-state index in [-0.39, 0.29) is 0 Å². The molecule has 12 heavy (non-hydrogen) atoms. The lowest BCUT2D eigenvalue weighted by Crippen LogP contribution is -2.60. The number of tetrazole rings is 1. The summed E-state index contributed by atoms with van der Waals surface area (Å²) in [6.45, 7) is 1.23. The molecule has 6 heteroatoms. The molecular weight excluding hydrogens is 158 g/mol. The molecule has 0 unspecified atom stereocenters. The van der Waals surface area contributed by atoms with Gasteiger partial charge in [-0.3, -0.25) is 0 Å². The van der Waals surface area contributed by atoms with Crippen LogP contribution < -0.4 is 5.32 Å². The van der Waals surface area contributed by atoms with E-state index in [2.05, 4.69) is 20.7 Å². The van der Waals surface area contributed by atoms with Crippen LogP contribution in [0.2, 0.25) is 0 Å². The molecule has 0 saturated carbocycles. The zero-order valence-corrected chi connectivity index (χ0v) is 6.86. The molecule has 1 fully saturated rings. The minimum atomic E-state index is -0.650. The Hall–Kier alpha value is -1.01. The average Bonchev–Trinajstić information content (AvgIpc) is 2.32. The molecule has 1 aliphatic rings. The van der Waals surface area contributed by atoms with Gasteiger partial charge in [0.1, 0.15) is 0 Å². The topological polar surface area (TPSA) is 75.9 Å².